The molecule has 5 nitrogen and oxygen atoms in total. The Kier molecular flexibility index (Phi) is 3.28. The number of hydrogen-bond donors (Lipinski definition) is 2. The summed E-state index contributed by atoms with van der Waals surface area (Å²) in [6.45, 7) is 0. The van der Waals surface area contributed by atoms with Gasteiger partial charge in [0.05, 0.1) is 17.4 Å². The number of halogens is 3. The quantitative estimate of drug-likeness (QED) is 0.699. The van der Waals surface area contributed by atoms with Crippen LogP contribution in [0.15, 0.2) is 48.5 Å². The maximum absolute atomic E-state index is 14.2. The maximum atomic E-state index is 14.2. The topological polar surface area (TPSA) is 69.2 Å². The predicted molar refractivity (Wildman–Crippen MR) is 83.3 cm³/mol. The number of nitrogens with one attached hydrogen (secondary N) is 1. The number of amides is 1. The number of rotatable bonds is 2. The molecule has 1 aliphatic heterocycles. The molecule has 3 aromatic rings. The molecule has 4 rings (SSSR count). The average molecular weight is 345 g/mol. The van der Waals surface area contributed by atoms with Crippen LogP contribution in [0, 0.1) is 17.5 Å². The second kappa shape index (κ2) is 5.37. The van der Waals surface area contributed by atoms with E-state index in [1.807, 2.05) is 0 Å². The Balaban J connectivity index is 1.87. The molecule has 126 valence electrons. The minimum absolute atomic E-state index is 0.305. The van der Waals surface area contributed by atoms with E-state index in [-0.39, 0.29) is 0 Å². The number of aromatic amines is 1. The van der Waals surface area contributed by atoms with Crippen molar-refractivity contribution in [2.24, 2.45) is 0 Å². The lowest BCUT2D eigenvalue weighted by Crippen LogP contribution is -2.30. The third kappa shape index (κ3) is 2.34. The van der Waals surface area contributed by atoms with Crippen LogP contribution in [-0.2, 0) is 4.79 Å². The van der Waals surface area contributed by atoms with Gasteiger partial charge in [-0.15, -0.1) is 0 Å². The molecule has 25 heavy (non-hydrogen) atoms. The number of carbonyl (C=O) groups is 1. The second-order valence-corrected chi connectivity index (χ2v) is 5.57. The Morgan fingerprint density at radius 1 is 1.16 bits per heavy atom. The highest BCUT2D eigenvalue weighted by Gasteiger charge is 2.38. The van der Waals surface area contributed by atoms with Gasteiger partial charge in [0.25, 0.3) is 5.91 Å². The van der Waals surface area contributed by atoms with Gasteiger partial charge in [0, 0.05) is 23.4 Å². The van der Waals surface area contributed by atoms with Crippen LogP contribution in [0.25, 0.3) is 11.0 Å². The van der Waals surface area contributed by atoms with Crippen molar-refractivity contribution >= 4 is 22.6 Å². The highest BCUT2D eigenvalue weighted by atomic mass is 19.2. The lowest BCUT2D eigenvalue weighted by atomic mass is 10.0. The summed E-state index contributed by atoms with van der Waals surface area (Å²) in [4.78, 5) is 20.3. The van der Waals surface area contributed by atoms with E-state index < -0.39 is 40.7 Å². The minimum Gasteiger partial charge on any atom is -0.510 e. The molecule has 2 aromatic carbocycles. The summed E-state index contributed by atoms with van der Waals surface area (Å²) in [5, 5.41) is 10.1. The number of carbonyl (C=O) groups excluding carboxylic acids is 1. The van der Waals surface area contributed by atoms with E-state index >= 15 is 0 Å². The molecule has 0 spiro atoms. The molecule has 1 amide bonds. The van der Waals surface area contributed by atoms with E-state index in [0.29, 0.717) is 22.8 Å². The van der Waals surface area contributed by atoms with E-state index in [2.05, 4.69) is 9.97 Å². The zero-order valence-electron chi connectivity index (χ0n) is 12.5. The van der Waals surface area contributed by atoms with Gasteiger partial charge in [-0.05, 0) is 24.3 Å². The fourth-order valence-electron chi connectivity index (χ4n) is 2.95. The Bertz CT molecular complexity index is 1040. The Hall–Kier alpha value is -3.29. The summed E-state index contributed by atoms with van der Waals surface area (Å²) in [5.74, 6) is -4.88. The molecule has 0 radical (unpaired) electrons. The predicted octanol–water partition coefficient (Wildman–Crippen LogP) is 3.51. The second-order valence-electron chi connectivity index (χ2n) is 5.57. The first kappa shape index (κ1) is 15.3. The van der Waals surface area contributed by atoms with Gasteiger partial charge in [-0.1, -0.05) is 0 Å². The van der Waals surface area contributed by atoms with Crippen LogP contribution < -0.4 is 4.90 Å². The number of H-pyrrole nitrogens is 1. The van der Waals surface area contributed by atoms with Gasteiger partial charge in [0.2, 0.25) is 0 Å². The number of hydrogen-bond acceptors (Lipinski definition) is 3. The number of aromatic nitrogens is 2. The highest BCUT2D eigenvalue weighted by molar-refractivity contribution is 6.06. The number of fused-ring (bicyclic) bond motifs is 1. The molecule has 2 heterocycles. The van der Waals surface area contributed by atoms with E-state index in [9.17, 15) is 23.1 Å². The van der Waals surface area contributed by atoms with Gasteiger partial charge in [-0.3, -0.25) is 9.69 Å². The molecule has 0 bridgehead atoms. The van der Waals surface area contributed by atoms with Crippen molar-refractivity contribution < 1.29 is 23.1 Å². The van der Waals surface area contributed by atoms with Crippen LogP contribution in [0.3, 0.4) is 0 Å². The van der Waals surface area contributed by atoms with Crippen LogP contribution in [0.2, 0.25) is 0 Å². The SMILES string of the molecule is O=C1C=C(O)C(c2cc(F)cc(F)c2F)N1c1ccc2[nH]cnc2c1. The Morgan fingerprint density at radius 3 is 2.76 bits per heavy atom. The van der Waals surface area contributed by atoms with Gasteiger partial charge < -0.3 is 10.1 Å². The zero-order chi connectivity index (χ0) is 17.7. The molecule has 1 aliphatic rings. The number of imidazole rings is 1. The normalized spacial score (nSPS) is 17.4. The standard InChI is InChI=1S/C17H10F3N3O2/c18-8-3-10(16(20)11(19)4-8)17-14(24)6-15(25)23(17)9-1-2-12-13(5-9)22-7-21-12/h1-7,17,24H,(H,21,22). The average Bonchev–Trinajstić information content (AvgIpc) is 3.13. The summed E-state index contributed by atoms with van der Waals surface area (Å²) in [7, 11) is 0. The van der Waals surface area contributed by atoms with E-state index in [1.165, 1.54) is 6.33 Å². The molecule has 0 saturated heterocycles. The van der Waals surface area contributed by atoms with Crippen LogP contribution in [0.5, 0.6) is 0 Å². The van der Waals surface area contributed by atoms with Crippen molar-refractivity contribution in [3.63, 3.8) is 0 Å². The third-order valence-electron chi connectivity index (χ3n) is 4.05. The third-order valence-corrected chi connectivity index (χ3v) is 4.05. The van der Waals surface area contributed by atoms with Crippen LogP contribution >= 0.6 is 0 Å². The van der Waals surface area contributed by atoms with Crippen molar-refractivity contribution in [1.29, 1.82) is 0 Å². The van der Waals surface area contributed by atoms with Crippen molar-refractivity contribution in [1.82, 2.24) is 9.97 Å². The lowest BCUT2D eigenvalue weighted by Gasteiger charge is -2.26. The van der Waals surface area contributed by atoms with Crippen LogP contribution in [0.4, 0.5) is 18.9 Å². The number of benzene rings is 2. The molecular formula is C17H10F3N3O2. The Morgan fingerprint density at radius 2 is 1.96 bits per heavy atom. The van der Waals surface area contributed by atoms with Crippen LogP contribution in [-0.4, -0.2) is 21.0 Å². The molecule has 2 N–H and O–H groups in total. The monoisotopic (exact) mass is 345 g/mol. The summed E-state index contributed by atoms with van der Waals surface area (Å²) < 4.78 is 41.3. The van der Waals surface area contributed by atoms with Gasteiger partial charge in [0.1, 0.15) is 17.6 Å². The van der Waals surface area contributed by atoms with E-state index in [0.717, 1.165) is 17.0 Å². The Labute approximate surface area is 139 Å². The number of aliphatic hydroxyl groups excluding tert-OH is 1. The first-order chi connectivity index (χ1) is 12.0. The van der Waals surface area contributed by atoms with Gasteiger partial charge in [-0.2, -0.15) is 0 Å². The van der Waals surface area contributed by atoms with Gasteiger partial charge in [-0.25, -0.2) is 18.2 Å². The van der Waals surface area contributed by atoms with Crippen LogP contribution in [0.1, 0.15) is 11.6 Å². The smallest absolute Gasteiger partial charge is 0.255 e. The van der Waals surface area contributed by atoms with Crippen molar-refractivity contribution in [2.45, 2.75) is 6.04 Å². The number of nitrogens with zero attached hydrogens (tertiary/aromatic N) is 2. The summed E-state index contributed by atoms with van der Waals surface area (Å²) in [5.41, 5.74) is 1.09. The first-order valence-electron chi connectivity index (χ1n) is 7.27. The first-order valence-corrected chi connectivity index (χ1v) is 7.27. The summed E-state index contributed by atoms with van der Waals surface area (Å²) in [6, 6.07) is 4.55. The fraction of sp³-hybridized carbons (Fsp3) is 0.0588. The zero-order valence-corrected chi connectivity index (χ0v) is 12.5. The molecule has 8 heteroatoms. The molecule has 1 aromatic heterocycles. The van der Waals surface area contributed by atoms with Crippen molar-refractivity contribution in [3.8, 4) is 0 Å². The van der Waals surface area contributed by atoms with E-state index in [1.54, 1.807) is 18.2 Å². The largest absolute Gasteiger partial charge is 0.510 e. The number of anilines is 1. The van der Waals surface area contributed by atoms with Gasteiger partial charge in [0.15, 0.2) is 11.6 Å². The fourth-order valence-corrected chi connectivity index (χ4v) is 2.95. The minimum atomic E-state index is -1.40. The van der Waals surface area contributed by atoms with Gasteiger partial charge >= 0.3 is 0 Å². The maximum Gasteiger partial charge on any atom is 0.255 e. The highest BCUT2D eigenvalue weighted by Crippen LogP contribution is 2.39. The molecule has 1 unspecified atom stereocenters. The molecule has 0 aliphatic carbocycles. The van der Waals surface area contributed by atoms with E-state index in [4.69, 9.17) is 0 Å². The number of aliphatic hydroxyl groups is 1. The summed E-state index contributed by atoms with van der Waals surface area (Å²) in [6.07, 6.45) is 2.36. The van der Waals surface area contributed by atoms with Crippen molar-refractivity contribution in [2.75, 3.05) is 4.90 Å². The molecule has 1 atom stereocenters. The summed E-state index contributed by atoms with van der Waals surface area (Å²) >= 11 is 0. The molecule has 0 fully saturated rings. The molecule has 0 saturated carbocycles. The van der Waals surface area contributed by atoms with Crippen molar-refractivity contribution in [3.05, 3.63) is 71.5 Å². The lowest BCUT2D eigenvalue weighted by molar-refractivity contribution is -0.113. The molecular weight excluding hydrogens is 335 g/mol.